The highest BCUT2D eigenvalue weighted by Gasteiger charge is 2.25. The summed E-state index contributed by atoms with van der Waals surface area (Å²) in [6, 6.07) is 5.00. The molecule has 17 heavy (non-hydrogen) atoms. The molecule has 1 fully saturated rings. The van der Waals surface area contributed by atoms with Crippen LogP contribution in [0.25, 0.3) is 0 Å². The monoisotopic (exact) mass is 254 g/mol. The molecule has 0 aliphatic carbocycles. The van der Waals surface area contributed by atoms with Crippen LogP contribution in [0.1, 0.15) is 23.2 Å². The smallest absolute Gasteiger partial charge is 0.257 e. The first-order valence-electron chi connectivity index (χ1n) is 5.61. The van der Waals surface area contributed by atoms with Gasteiger partial charge in [-0.15, -0.1) is 0 Å². The van der Waals surface area contributed by atoms with Crippen molar-refractivity contribution in [1.82, 2.24) is 4.90 Å². The van der Waals surface area contributed by atoms with Crippen LogP contribution >= 0.6 is 11.6 Å². The first kappa shape index (κ1) is 12.2. The second-order valence-corrected chi connectivity index (χ2v) is 4.66. The van der Waals surface area contributed by atoms with Gasteiger partial charge in [0, 0.05) is 18.8 Å². The molecule has 0 spiro atoms. The Morgan fingerprint density at radius 3 is 2.94 bits per heavy atom. The first-order chi connectivity index (χ1) is 8.09. The highest BCUT2D eigenvalue weighted by atomic mass is 35.5. The van der Waals surface area contributed by atoms with Crippen LogP contribution in [0.5, 0.6) is 0 Å². The molecule has 0 unspecified atom stereocenters. The maximum atomic E-state index is 12.2. The number of benzene rings is 1. The number of β-amino-alcohol motifs (C(OH)–C–C–N with tert-alkyl or cyclic N) is 1. The van der Waals surface area contributed by atoms with Gasteiger partial charge < -0.3 is 15.7 Å². The largest absolute Gasteiger partial charge is 0.398 e. The number of rotatable bonds is 1. The van der Waals surface area contributed by atoms with Crippen molar-refractivity contribution in [2.45, 2.75) is 18.9 Å². The zero-order chi connectivity index (χ0) is 12.4. The number of halogens is 1. The number of carbonyl (C=O) groups is 1. The highest BCUT2D eigenvalue weighted by Crippen LogP contribution is 2.25. The number of nitrogens with two attached hydrogens (primary N) is 1. The number of carbonyl (C=O) groups excluding carboxylic acids is 1. The average Bonchev–Trinajstić information content (AvgIpc) is 2.28. The molecule has 1 aliphatic heterocycles. The first-order valence-corrected chi connectivity index (χ1v) is 5.98. The summed E-state index contributed by atoms with van der Waals surface area (Å²) in [4.78, 5) is 13.8. The van der Waals surface area contributed by atoms with Crippen molar-refractivity contribution < 1.29 is 9.90 Å². The zero-order valence-corrected chi connectivity index (χ0v) is 10.2. The van der Waals surface area contributed by atoms with E-state index in [1.807, 2.05) is 0 Å². The second-order valence-electron chi connectivity index (χ2n) is 4.25. The summed E-state index contributed by atoms with van der Waals surface area (Å²) in [6.07, 6.45) is 1.09. The number of nitrogen functional groups attached to an aromatic ring is 1. The standard InChI is InChI=1S/C12H15ClN2O2/c13-9-4-1-5-10(14)11(9)12(17)15-6-2-3-8(16)7-15/h1,4-5,8,16H,2-3,6-7,14H2/t8-/m0/s1. The van der Waals surface area contributed by atoms with Gasteiger partial charge in [-0.3, -0.25) is 4.79 Å². The van der Waals surface area contributed by atoms with Crippen LogP contribution in [-0.4, -0.2) is 35.1 Å². The Hall–Kier alpha value is -1.26. The summed E-state index contributed by atoms with van der Waals surface area (Å²) < 4.78 is 0. The summed E-state index contributed by atoms with van der Waals surface area (Å²) in [6.45, 7) is 0.990. The van der Waals surface area contributed by atoms with E-state index in [0.717, 1.165) is 12.8 Å². The normalized spacial score (nSPS) is 20.4. The summed E-state index contributed by atoms with van der Waals surface area (Å²) >= 11 is 5.99. The lowest BCUT2D eigenvalue weighted by Gasteiger charge is -2.30. The number of nitrogens with zero attached hydrogens (tertiary/aromatic N) is 1. The van der Waals surface area contributed by atoms with Crippen LogP contribution in [0.3, 0.4) is 0 Å². The number of aliphatic hydroxyl groups excluding tert-OH is 1. The minimum absolute atomic E-state index is 0.202. The molecule has 5 heteroatoms. The Balaban J connectivity index is 2.24. The molecule has 1 saturated heterocycles. The van der Waals surface area contributed by atoms with Crippen molar-refractivity contribution in [2.24, 2.45) is 0 Å². The molecule has 1 aliphatic rings. The van der Waals surface area contributed by atoms with Gasteiger partial charge in [-0.25, -0.2) is 0 Å². The average molecular weight is 255 g/mol. The van der Waals surface area contributed by atoms with Crippen molar-refractivity contribution in [3.05, 3.63) is 28.8 Å². The van der Waals surface area contributed by atoms with Crippen LogP contribution < -0.4 is 5.73 Å². The summed E-state index contributed by atoms with van der Waals surface area (Å²) in [5.41, 5.74) is 6.48. The van der Waals surface area contributed by atoms with Gasteiger partial charge in [-0.05, 0) is 25.0 Å². The van der Waals surface area contributed by atoms with Crippen LogP contribution in [-0.2, 0) is 0 Å². The Bertz CT molecular complexity index is 416. The van der Waals surface area contributed by atoms with Gasteiger partial charge in [0.2, 0.25) is 0 Å². The van der Waals surface area contributed by atoms with Crippen LogP contribution in [0.15, 0.2) is 18.2 Å². The third-order valence-electron chi connectivity index (χ3n) is 2.94. The van der Waals surface area contributed by atoms with E-state index in [1.54, 1.807) is 23.1 Å². The molecule has 0 bridgehead atoms. The van der Waals surface area contributed by atoms with Crippen molar-refractivity contribution in [1.29, 1.82) is 0 Å². The Kier molecular flexibility index (Phi) is 3.54. The van der Waals surface area contributed by atoms with Gasteiger partial charge in [-0.1, -0.05) is 17.7 Å². The number of piperidine rings is 1. The molecule has 1 aromatic carbocycles. The lowest BCUT2D eigenvalue weighted by Crippen LogP contribution is -2.42. The number of hydrogen-bond donors (Lipinski definition) is 2. The highest BCUT2D eigenvalue weighted by molar-refractivity contribution is 6.34. The van der Waals surface area contributed by atoms with E-state index in [1.165, 1.54) is 0 Å². The SMILES string of the molecule is Nc1cccc(Cl)c1C(=O)N1CCC[C@H](O)C1. The molecule has 4 nitrogen and oxygen atoms in total. The number of amides is 1. The Morgan fingerprint density at radius 1 is 1.53 bits per heavy atom. The molecule has 3 N–H and O–H groups in total. The molecular formula is C12H15ClN2O2. The molecular weight excluding hydrogens is 240 g/mol. The van der Waals surface area contributed by atoms with E-state index >= 15 is 0 Å². The van der Waals surface area contributed by atoms with E-state index in [9.17, 15) is 9.90 Å². The van der Waals surface area contributed by atoms with E-state index in [-0.39, 0.29) is 5.91 Å². The summed E-state index contributed by atoms with van der Waals surface area (Å²) in [7, 11) is 0. The van der Waals surface area contributed by atoms with E-state index in [2.05, 4.69) is 0 Å². The maximum Gasteiger partial charge on any atom is 0.257 e. The van der Waals surface area contributed by atoms with Gasteiger partial charge >= 0.3 is 0 Å². The quantitative estimate of drug-likeness (QED) is 0.747. The minimum atomic E-state index is -0.448. The fourth-order valence-electron chi connectivity index (χ4n) is 2.06. The van der Waals surface area contributed by atoms with Crippen LogP contribution in [0.2, 0.25) is 5.02 Å². The Morgan fingerprint density at radius 2 is 2.29 bits per heavy atom. The maximum absolute atomic E-state index is 12.2. The zero-order valence-electron chi connectivity index (χ0n) is 9.40. The molecule has 0 aromatic heterocycles. The van der Waals surface area contributed by atoms with Gasteiger partial charge in [-0.2, -0.15) is 0 Å². The molecule has 1 heterocycles. The molecule has 0 saturated carbocycles. The molecule has 1 atom stereocenters. The van der Waals surface area contributed by atoms with Crippen molar-refractivity contribution in [3.8, 4) is 0 Å². The van der Waals surface area contributed by atoms with Gasteiger partial charge in [0.1, 0.15) is 0 Å². The fraction of sp³-hybridized carbons (Fsp3) is 0.417. The predicted molar refractivity (Wildman–Crippen MR) is 67.0 cm³/mol. The third-order valence-corrected chi connectivity index (χ3v) is 3.26. The second kappa shape index (κ2) is 4.94. The third kappa shape index (κ3) is 2.53. The number of anilines is 1. The van der Waals surface area contributed by atoms with Crippen molar-refractivity contribution in [3.63, 3.8) is 0 Å². The summed E-state index contributed by atoms with van der Waals surface area (Å²) in [5, 5.41) is 9.91. The number of likely N-dealkylation sites (tertiary alicyclic amines) is 1. The van der Waals surface area contributed by atoms with Crippen molar-refractivity contribution >= 4 is 23.2 Å². The van der Waals surface area contributed by atoms with E-state index in [0.29, 0.717) is 29.4 Å². The van der Waals surface area contributed by atoms with Crippen LogP contribution in [0, 0.1) is 0 Å². The van der Waals surface area contributed by atoms with E-state index < -0.39 is 6.10 Å². The lowest BCUT2D eigenvalue weighted by atomic mass is 10.1. The van der Waals surface area contributed by atoms with Crippen molar-refractivity contribution in [2.75, 3.05) is 18.8 Å². The van der Waals surface area contributed by atoms with Gasteiger partial charge in [0.15, 0.2) is 0 Å². The Labute approximate surface area is 105 Å². The molecule has 92 valence electrons. The lowest BCUT2D eigenvalue weighted by molar-refractivity contribution is 0.0474. The minimum Gasteiger partial charge on any atom is -0.398 e. The summed E-state index contributed by atoms with van der Waals surface area (Å²) in [5.74, 6) is -0.202. The van der Waals surface area contributed by atoms with Gasteiger partial charge in [0.05, 0.1) is 16.7 Å². The molecule has 0 radical (unpaired) electrons. The molecule has 2 rings (SSSR count). The van der Waals surface area contributed by atoms with Gasteiger partial charge in [0.25, 0.3) is 5.91 Å². The fourth-order valence-corrected chi connectivity index (χ4v) is 2.33. The number of aliphatic hydroxyl groups is 1. The predicted octanol–water partition coefficient (Wildman–Crippen LogP) is 1.52. The van der Waals surface area contributed by atoms with Crippen LogP contribution in [0.4, 0.5) is 5.69 Å². The number of hydrogen-bond acceptors (Lipinski definition) is 3. The van der Waals surface area contributed by atoms with E-state index in [4.69, 9.17) is 17.3 Å². The molecule has 1 amide bonds. The molecule has 1 aromatic rings. The topological polar surface area (TPSA) is 66.6 Å².